The first-order valence-corrected chi connectivity index (χ1v) is 8.58. The average Bonchev–Trinajstić information content (AvgIpc) is 3.16. The summed E-state index contributed by atoms with van der Waals surface area (Å²) < 4.78 is 13.1. The van der Waals surface area contributed by atoms with Crippen LogP contribution >= 0.6 is 0 Å². The number of nitrogens with zero attached hydrogens (tertiary/aromatic N) is 3. The van der Waals surface area contributed by atoms with Crippen LogP contribution < -0.4 is 0 Å². The van der Waals surface area contributed by atoms with Crippen molar-refractivity contribution in [2.75, 3.05) is 13.2 Å². The zero-order valence-electron chi connectivity index (χ0n) is 15.0. The Kier molecular flexibility index (Phi) is 5.20. The number of benzene rings is 1. The molecule has 1 aromatic carbocycles. The van der Waals surface area contributed by atoms with Gasteiger partial charge in [0.1, 0.15) is 18.4 Å². The van der Waals surface area contributed by atoms with E-state index in [2.05, 4.69) is 41.3 Å². The molecule has 6 nitrogen and oxygen atoms in total. The van der Waals surface area contributed by atoms with Gasteiger partial charge in [-0.2, -0.15) is 5.10 Å². The molecule has 1 aliphatic rings. The Morgan fingerprint density at radius 1 is 1.28 bits per heavy atom. The highest BCUT2D eigenvalue weighted by molar-refractivity contribution is 5.52. The first-order valence-electron chi connectivity index (χ1n) is 8.58. The molecule has 1 aliphatic heterocycles. The lowest BCUT2D eigenvalue weighted by atomic mass is 9.87. The molecule has 1 fully saturated rings. The Hall–Kier alpha value is -2.18. The molecule has 0 radical (unpaired) electrons. The second kappa shape index (κ2) is 7.37. The van der Waals surface area contributed by atoms with Gasteiger partial charge in [0.25, 0.3) is 0 Å². The van der Waals surface area contributed by atoms with Crippen LogP contribution in [0, 0.1) is 12.3 Å². The third kappa shape index (κ3) is 3.91. The number of aliphatic hydroxyl groups excluding tert-OH is 1. The van der Waals surface area contributed by atoms with Gasteiger partial charge in [-0.1, -0.05) is 36.8 Å². The van der Waals surface area contributed by atoms with E-state index in [-0.39, 0.29) is 12.0 Å². The number of aryl methyl sites for hydroxylation is 1. The molecule has 25 heavy (non-hydrogen) atoms. The van der Waals surface area contributed by atoms with E-state index in [0.29, 0.717) is 25.3 Å². The summed E-state index contributed by atoms with van der Waals surface area (Å²) in [5.41, 5.74) is 2.37. The standard InChI is InChI=1S/C19H25N3O3/c1-4-17-24-10-19(3,11-25-17)18(23)16(22-13-20-12-21-22)9-15-7-5-14(2)6-8-15/h5-8,12-13,17,23H,4,9-11H2,1-3H3/b18-16+. The Morgan fingerprint density at radius 3 is 2.52 bits per heavy atom. The molecule has 6 heteroatoms. The van der Waals surface area contributed by atoms with E-state index in [0.717, 1.165) is 12.0 Å². The van der Waals surface area contributed by atoms with Crippen LogP contribution in [0.1, 0.15) is 31.4 Å². The minimum Gasteiger partial charge on any atom is -0.510 e. The Morgan fingerprint density at radius 2 is 1.96 bits per heavy atom. The van der Waals surface area contributed by atoms with Gasteiger partial charge >= 0.3 is 0 Å². The molecule has 0 amide bonds. The van der Waals surface area contributed by atoms with Crippen LogP contribution in [0.25, 0.3) is 5.70 Å². The van der Waals surface area contributed by atoms with E-state index in [1.165, 1.54) is 11.9 Å². The SMILES string of the molecule is CCC1OCC(C)(/C(O)=C(/Cc2ccc(C)cc2)n2cncn2)CO1. The van der Waals surface area contributed by atoms with Crippen molar-refractivity contribution in [3.8, 4) is 0 Å². The molecule has 0 saturated carbocycles. The van der Waals surface area contributed by atoms with Gasteiger partial charge in [0, 0.05) is 6.42 Å². The fraction of sp³-hybridized carbons (Fsp3) is 0.474. The predicted octanol–water partition coefficient (Wildman–Crippen LogP) is 3.35. The summed E-state index contributed by atoms with van der Waals surface area (Å²) in [6.07, 6.45) is 4.20. The van der Waals surface area contributed by atoms with E-state index in [1.54, 1.807) is 11.0 Å². The van der Waals surface area contributed by atoms with Gasteiger partial charge in [-0.3, -0.25) is 0 Å². The van der Waals surface area contributed by atoms with Crippen LogP contribution in [-0.2, 0) is 15.9 Å². The number of hydrogen-bond donors (Lipinski definition) is 1. The Balaban J connectivity index is 1.92. The van der Waals surface area contributed by atoms with Crippen molar-refractivity contribution in [3.63, 3.8) is 0 Å². The number of aliphatic hydroxyl groups is 1. The summed E-state index contributed by atoms with van der Waals surface area (Å²) in [5.74, 6) is 0.230. The van der Waals surface area contributed by atoms with Crippen LogP contribution in [0.3, 0.4) is 0 Å². The minimum atomic E-state index is -0.613. The normalized spacial score (nSPS) is 24.8. The first kappa shape index (κ1) is 17.6. The van der Waals surface area contributed by atoms with Crippen molar-refractivity contribution in [1.82, 2.24) is 14.8 Å². The third-order valence-electron chi connectivity index (χ3n) is 4.54. The molecule has 0 spiro atoms. The van der Waals surface area contributed by atoms with Crippen LogP contribution in [0.15, 0.2) is 42.7 Å². The molecule has 0 unspecified atom stereocenters. The monoisotopic (exact) mass is 343 g/mol. The lowest BCUT2D eigenvalue weighted by molar-refractivity contribution is -0.222. The smallest absolute Gasteiger partial charge is 0.157 e. The molecule has 0 atom stereocenters. The van der Waals surface area contributed by atoms with Gasteiger partial charge in [-0.05, 0) is 25.8 Å². The van der Waals surface area contributed by atoms with Crippen molar-refractivity contribution in [3.05, 3.63) is 53.8 Å². The van der Waals surface area contributed by atoms with Crippen LogP contribution in [0.2, 0.25) is 0 Å². The summed E-state index contributed by atoms with van der Waals surface area (Å²) in [4.78, 5) is 4.02. The van der Waals surface area contributed by atoms with Gasteiger partial charge in [0.15, 0.2) is 6.29 Å². The molecule has 1 saturated heterocycles. The second-order valence-electron chi connectivity index (χ2n) is 6.82. The topological polar surface area (TPSA) is 69.4 Å². The molecule has 0 aliphatic carbocycles. The maximum atomic E-state index is 11.1. The largest absolute Gasteiger partial charge is 0.510 e. The summed E-state index contributed by atoms with van der Waals surface area (Å²) in [6, 6.07) is 8.24. The van der Waals surface area contributed by atoms with E-state index in [9.17, 15) is 5.11 Å². The molecule has 2 heterocycles. The average molecular weight is 343 g/mol. The first-order chi connectivity index (χ1) is 12.0. The highest BCUT2D eigenvalue weighted by Gasteiger charge is 2.38. The Bertz CT molecular complexity index is 715. The van der Waals surface area contributed by atoms with Crippen LogP contribution in [0.4, 0.5) is 0 Å². The van der Waals surface area contributed by atoms with E-state index in [1.807, 2.05) is 13.8 Å². The van der Waals surface area contributed by atoms with Crippen LogP contribution in [0.5, 0.6) is 0 Å². The van der Waals surface area contributed by atoms with Gasteiger partial charge in [-0.15, -0.1) is 0 Å². The zero-order valence-corrected chi connectivity index (χ0v) is 15.0. The second-order valence-corrected chi connectivity index (χ2v) is 6.82. The van der Waals surface area contributed by atoms with Crippen molar-refractivity contribution in [2.24, 2.45) is 5.41 Å². The number of hydrogen-bond acceptors (Lipinski definition) is 5. The van der Waals surface area contributed by atoms with Gasteiger partial charge < -0.3 is 14.6 Å². The molecule has 1 N–H and O–H groups in total. The van der Waals surface area contributed by atoms with E-state index < -0.39 is 5.41 Å². The summed E-state index contributed by atoms with van der Waals surface area (Å²) in [5, 5.41) is 15.3. The third-order valence-corrected chi connectivity index (χ3v) is 4.54. The molecular formula is C19H25N3O3. The lowest BCUT2D eigenvalue weighted by Crippen LogP contribution is -2.41. The number of allylic oxidation sites excluding steroid dienone is 1. The molecule has 2 aromatic rings. The quantitative estimate of drug-likeness (QED) is 0.843. The summed E-state index contributed by atoms with van der Waals surface area (Å²) in [6.45, 7) is 6.83. The van der Waals surface area contributed by atoms with Crippen molar-refractivity contribution in [2.45, 2.75) is 39.9 Å². The van der Waals surface area contributed by atoms with Gasteiger partial charge in [0.05, 0.1) is 24.3 Å². The van der Waals surface area contributed by atoms with Crippen LogP contribution in [-0.4, -0.2) is 39.4 Å². The lowest BCUT2D eigenvalue weighted by Gasteiger charge is -2.37. The predicted molar refractivity (Wildman–Crippen MR) is 94.8 cm³/mol. The van der Waals surface area contributed by atoms with Gasteiger partial charge in [-0.25, -0.2) is 9.67 Å². The van der Waals surface area contributed by atoms with Crippen molar-refractivity contribution in [1.29, 1.82) is 0 Å². The molecule has 3 rings (SSSR count). The van der Waals surface area contributed by atoms with Crippen molar-refractivity contribution < 1.29 is 14.6 Å². The minimum absolute atomic E-state index is 0.201. The molecule has 134 valence electrons. The Labute approximate surface area is 148 Å². The maximum absolute atomic E-state index is 11.1. The summed E-state index contributed by atoms with van der Waals surface area (Å²) in [7, 11) is 0. The van der Waals surface area contributed by atoms with Gasteiger partial charge in [0.2, 0.25) is 0 Å². The summed E-state index contributed by atoms with van der Waals surface area (Å²) >= 11 is 0. The van der Waals surface area contributed by atoms with Crippen molar-refractivity contribution >= 4 is 5.70 Å². The fourth-order valence-corrected chi connectivity index (χ4v) is 2.88. The zero-order chi connectivity index (χ0) is 17.9. The number of rotatable bonds is 5. The fourth-order valence-electron chi connectivity index (χ4n) is 2.88. The molecule has 0 bridgehead atoms. The number of ether oxygens (including phenoxy) is 2. The van der Waals surface area contributed by atoms with E-state index >= 15 is 0 Å². The highest BCUT2D eigenvalue weighted by Crippen LogP contribution is 2.35. The molecular weight excluding hydrogens is 318 g/mol. The number of aromatic nitrogens is 3. The van der Waals surface area contributed by atoms with E-state index in [4.69, 9.17) is 9.47 Å². The maximum Gasteiger partial charge on any atom is 0.157 e. The highest BCUT2D eigenvalue weighted by atomic mass is 16.7. The molecule has 1 aromatic heterocycles.